The number of amides is 1. The van der Waals surface area contributed by atoms with Crippen LogP contribution < -0.4 is 16.4 Å². The summed E-state index contributed by atoms with van der Waals surface area (Å²) in [4.78, 5) is 12.8. The van der Waals surface area contributed by atoms with Crippen LogP contribution in [0.1, 0.15) is 79.9 Å². The Hall–Kier alpha value is -3.93. The van der Waals surface area contributed by atoms with E-state index in [1.807, 2.05) is 25.1 Å². The van der Waals surface area contributed by atoms with Crippen molar-refractivity contribution in [2.75, 3.05) is 11.1 Å². The number of para-hydroxylation sites is 1. The lowest BCUT2D eigenvalue weighted by atomic mass is 9.90. The summed E-state index contributed by atoms with van der Waals surface area (Å²) in [7, 11) is 0. The third kappa shape index (κ3) is 7.29. The molecule has 5 nitrogen and oxygen atoms in total. The molecule has 1 amide bonds. The van der Waals surface area contributed by atoms with Gasteiger partial charge in [-0.2, -0.15) is 0 Å². The molecule has 0 saturated heterocycles. The topological polar surface area (TPSA) is 91.0 Å². The van der Waals surface area contributed by atoms with Gasteiger partial charge in [-0.05, 0) is 86.6 Å². The molecule has 0 heterocycles. The van der Waals surface area contributed by atoms with E-state index >= 15 is 0 Å². The maximum atomic E-state index is 14.3. The maximum Gasteiger partial charge on any atom is 0.256 e. The zero-order valence-corrected chi connectivity index (χ0v) is 22.1. The van der Waals surface area contributed by atoms with Crippen molar-refractivity contribution >= 4 is 28.8 Å². The van der Waals surface area contributed by atoms with Crippen LogP contribution in [0.2, 0.25) is 0 Å². The summed E-state index contributed by atoms with van der Waals surface area (Å²) >= 11 is 0. The predicted octanol–water partition coefficient (Wildman–Crippen LogP) is 7.71. The second kappa shape index (κ2) is 12.9. The number of hydrogen-bond donors (Lipinski definition) is 4. The highest BCUT2D eigenvalue weighted by Crippen LogP contribution is 2.28. The Labute approximate surface area is 219 Å². The first-order chi connectivity index (χ1) is 17.7. The Kier molecular flexibility index (Phi) is 9.61. The molecule has 0 saturated carbocycles. The van der Waals surface area contributed by atoms with Crippen LogP contribution in [-0.2, 0) is 6.42 Å². The highest BCUT2D eigenvalue weighted by molar-refractivity contribution is 6.13. The molecule has 1 atom stereocenters. The van der Waals surface area contributed by atoms with Gasteiger partial charge in [0.15, 0.2) is 0 Å². The number of halogens is 1. The summed E-state index contributed by atoms with van der Waals surface area (Å²) in [6.07, 6.45) is 6.09. The lowest BCUT2D eigenvalue weighted by Crippen LogP contribution is -2.31. The minimum atomic E-state index is -0.367. The summed E-state index contributed by atoms with van der Waals surface area (Å²) in [6, 6.07) is 17.6. The number of carbonyl (C=O) groups excluding carboxylic acids is 1. The van der Waals surface area contributed by atoms with Crippen LogP contribution in [0, 0.1) is 11.2 Å². The fourth-order valence-electron chi connectivity index (χ4n) is 4.32. The number of nitrogens with two attached hydrogens (primary N) is 1. The molecule has 5 N–H and O–H groups in total. The van der Waals surface area contributed by atoms with Gasteiger partial charge in [0.05, 0.1) is 5.69 Å². The molecular weight excluding hydrogens is 463 g/mol. The summed E-state index contributed by atoms with van der Waals surface area (Å²) in [5, 5.41) is 14.1. The molecule has 0 aliphatic carbocycles. The average molecular weight is 501 g/mol. The van der Waals surface area contributed by atoms with Crippen molar-refractivity contribution in [1.82, 2.24) is 5.32 Å². The van der Waals surface area contributed by atoms with E-state index in [1.54, 1.807) is 36.4 Å². The van der Waals surface area contributed by atoms with Crippen molar-refractivity contribution in [3.63, 3.8) is 0 Å². The Morgan fingerprint density at radius 3 is 2.43 bits per heavy atom. The van der Waals surface area contributed by atoms with Crippen LogP contribution in [0.5, 0.6) is 0 Å². The molecule has 0 fully saturated rings. The molecule has 0 aromatic heterocycles. The monoisotopic (exact) mass is 500 g/mol. The van der Waals surface area contributed by atoms with E-state index in [-0.39, 0.29) is 17.6 Å². The number of rotatable bonds is 10. The quantitative estimate of drug-likeness (QED) is 0.0994. The number of hydrogen-bond acceptors (Lipinski definition) is 4. The van der Waals surface area contributed by atoms with Gasteiger partial charge in [0, 0.05) is 22.5 Å². The summed E-state index contributed by atoms with van der Waals surface area (Å²) in [6.45, 7) is 8.35. The summed E-state index contributed by atoms with van der Waals surface area (Å²) < 4.78 is 14.3. The van der Waals surface area contributed by atoms with Gasteiger partial charge >= 0.3 is 0 Å². The number of allylic oxidation sites excluding steroid dienone is 2. The Morgan fingerprint density at radius 2 is 1.81 bits per heavy atom. The minimum absolute atomic E-state index is 0.0920. The Morgan fingerprint density at radius 1 is 1.08 bits per heavy atom. The van der Waals surface area contributed by atoms with Crippen molar-refractivity contribution in [2.45, 2.75) is 59.3 Å². The Bertz CT molecular complexity index is 1280. The molecule has 3 rings (SSSR count). The first kappa shape index (κ1) is 27.7. The molecule has 1 unspecified atom stereocenters. The first-order valence-electron chi connectivity index (χ1n) is 12.8. The van der Waals surface area contributed by atoms with E-state index in [4.69, 9.17) is 11.1 Å². The average Bonchev–Trinajstić information content (AvgIpc) is 2.87. The zero-order chi connectivity index (χ0) is 26.9. The molecule has 6 heteroatoms. The molecule has 0 aliphatic heterocycles. The van der Waals surface area contributed by atoms with E-state index in [0.29, 0.717) is 40.5 Å². The second-order valence-electron chi connectivity index (χ2n) is 9.51. The van der Waals surface area contributed by atoms with Crippen LogP contribution in [-0.4, -0.2) is 11.7 Å². The van der Waals surface area contributed by atoms with Gasteiger partial charge in [0.2, 0.25) is 0 Å². The highest BCUT2D eigenvalue weighted by Gasteiger charge is 2.15. The molecule has 0 radical (unpaired) electrons. The SMILES string of the molecule is CCCC(CC=C(C)C)c1ccc(C(=O)NC(=N)c2ccc(Nc3c(F)cccc3CC)cc2N)cc1. The third-order valence-corrected chi connectivity index (χ3v) is 6.40. The number of anilines is 3. The molecule has 3 aromatic carbocycles. The van der Waals surface area contributed by atoms with E-state index in [9.17, 15) is 9.18 Å². The number of nitrogen functional groups attached to an aromatic ring is 1. The van der Waals surface area contributed by atoms with Gasteiger partial charge in [0.25, 0.3) is 5.91 Å². The van der Waals surface area contributed by atoms with Gasteiger partial charge in [0.1, 0.15) is 11.7 Å². The van der Waals surface area contributed by atoms with Crippen LogP contribution in [0.3, 0.4) is 0 Å². The highest BCUT2D eigenvalue weighted by atomic mass is 19.1. The zero-order valence-electron chi connectivity index (χ0n) is 22.1. The Balaban J connectivity index is 1.69. The molecular formula is C31H37FN4O. The largest absolute Gasteiger partial charge is 0.398 e. The van der Waals surface area contributed by atoms with Crippen molar-refractivity contribution in [3.8, 4) is 0 Å². The number of nitrogens with one attached hydrogen (secondary N) is 3. The number of benzene rings is 3. The fraction of sp³-hybridized carbons (Fsp3) is 0.290. The number of amidine groups is 1. The summed E-state index contributed by atoms with van der Waals surface area (Å²) in [5.74, 6) is -0.384. The van der Waals surface area contributed by atoms with Crippen LogP contribution >= 0.6 is 0 Å². The van der Waals surface area contributed by atoms with Gasteiger partial charge in [-0.1, -0.05) is 56.2 Å². The van der Waals surface area contributed by atoms with E-state index in [1.165, 1.54) is 17.2 Å². The van der Waals surface area contributed by atoms with E-state index in [0.717, 1.165) is 24.8 Å². The summed E-state index contributed by atoms with van der Waals surface area (Å²) in [5.41, 5.74) is 11.8. The van der Waals surface area contributed by atoms with Crippen molar-refractivity contribution < 1.29 is 9.18 Å². The second-order valence-corrected chi connectivity index (χ2v) is 9.51. The fourth-order valence-corrected chi connectivity index (χ4v) is 4.32. The van der Waals surface area contributed by atoms with Crippen LogP contribution in [0.25, 0.3) is 0 Å². The molecule has 37 heavy (non-hydrogen) atoms. The van der Waals surface area contributed by atoms with E-state index in [2.05, 4.69) is 37.5 Å². The number of carbonyl (C=O) groups is 1. The van der Waals surface area contributed by atoms with Crippen LogP contribution in [0.15, 0.2) is 72.3 Å². The number of aryl methyl sites for hydroxylation is 1. The molecule has 3 aromatic rings. The maximum absolute atomic E-state index is 14.3. The standard InChI is InChI=1S/C31H37FN4O/c1-5-8-22(12-11-20(3)4)23-13-15-24(16-14-23)31(37)36-30(34)26-18-17-25(19-28(26)33)35-29-21(6-2)9-7-10-27(29)32/h7,9-11,13-19,22,35H,5-6,8,12,33H2,1-4H3,(H2,34,36,37). The van der Waals surface area contributed by atoms with Gasteiger partial charge < -0.3 is 16.4 Å². The smallest absolute Gasteiger partial charge is 0.256 e. The third-order valence-electron chi connectivity index (χ3n) is 6.40. The molecule has 0 bridgehead atoms. The minimum Gasteiger partial charge on any atom is -0.398 e. The van der Waals surface area contributed by atoms with E-state index < -0.39 is 0 Å². The van der Waals surface area contributed by atoms with Crippen molar-refractivity contribution in [1.29, 1.82) is 5.41 Å². The van der Waals surface area contributed by atoms with Gasteiger partial charge in [-0.15, -0.1) is 0 Å². The van der Waals surface area contributed by atoms with Crippen LogP contribution in [0.4, 0.5) is 21.5 Å². The van der Waals surface area contributed by atoms with Crippen molar-refractivity contribution in [3.05, 3.63) is 100 Å². The van der Waals surface area contributed by atoms with Gasteiger partial charge in [-0.3, -0.25) is 10.2 Å². The lowest BCUT2D eigenvalue weighted by molar-refractivity contribution is 0.0977. The normalized spacial score (nSPS) is 11.5. The van der Waals surface area contributed by atoms with Crippen molar-refractivity contribution in [2.24, 2.45) is 0 Å². The van der Waals surface area contributed by atoms with Gasteiger partial charge in [-0.25, -0.2) is 4.39 Å². The first-order valence-corrected chi connectivity index (χ1v) is 12.8. The molecule has 0 aliphatic rings. The predicted molar refractivity (Wildman–Crippen MR) is 152 cm³/mol. The molecule has 0 spiro atoms. The molecule has 194 valence electrons. The lowest BCUT2D eigenvalue weighted by Gasteiger charge is -2.16.